The van der Waals surface area contributed by atoms with Gasteiger partial charge < -0.3 is 14.9 Å². The maximum atomic E-state index is 13.3. The standard InChI is InChI=1S/C23H36N4O2/c1-24-10-5-11-26(15-14-24)23(29)22-16-21(28)18-27(22)20-8-12-25(13-9-20)17-19-6-3-2-4-7-19/h2-4,6-7,20-22,28H,5,8-18H2,1H3/t21-,22+/m1/s1. The molecule has 160 valence electrons. The lowest BCUT2D eigenvalue weighted by Gasteiger charge is -2.40. The van der Waals surface area contributed by atoms with Crippen LogP contribution in [0, 0.1) is 0 Å². The number of aliphatic hydroxyl groups is 1. The second-order valence-electron chi connectivity index (χ2n) is 9.08. The highest BCUT2D eigenvalue weighted by molar-refractivity contribution is 5.82. The number of aliphatic hydroxyl groups excluding tert-OH is 1. The van der Waals surface area contributed by atoms with Gasteiger partial charge in [0, 0.05) is 38.8 Å². The Morgan fingerprint density at radius 3 is 2.55 bits per heavy atom. The molecule has 0 aromatic heterocycles. The molecule has 4 rings (SSSR count). The third-order valence-electron chi connectivity index (χ3n) is 6.91. The number of carbonyl (C=O) groups is 1. The van der Waals surface area contributed by atoms with Gasteiger partial charge in [-0.2, -0.15) is 0 Å². The lowest BCUT2D eigenvalue weighted by Crippen LogP contribution is -2.52. The molecule has 3 aliphatic heterocycles. The SMILES string of the molecule is CN1CCCN(C(=O)[C@@H]2C[C@@H](O)CN2C2CCN(Cc3ccccc3)CC2)CC1. The first-order valence-corrected chi connectivity index (χ1v) is 11.3. The molecule has 0 spiro atoms. The number of benzene rings is 1. The van der Waals surface area contributed by atoms with Crippen LogP contribution in [-0.4, -0.2) is 102 Å². The minimum absolute atomic E-state index is 0.140. The molecule has 3 saturated heterocycles. The summed E-state index contributed by atoms with van der Waals surface area (Å²) in [5.41, 5.74) is 1.36. The molecule has 0 aliphatic carbocycles. The predicted octanol–water partition coefficient (Wildman–Crippen LogP) is 1.25. The monoisotopic (exact) mass is 400 g/mol. The molecule has 1 aromatic carbocycles. The lowest BCUT2D eigenvalue weighted by molar-refractivity contribution is -0.137. The average Bonchev–Trinajstić information content (AvgIpc) is 2.99. The Balaban J connectivity index is 1.34. The van der Waals surface area contributed by atoms with Crippen molar-refractivity contribution in [1.29, 1.82) is 0 Å². The van der Waals surface area contributed by atoms with E-state index in [0.29, 0.717) is 19.0 Å². The summed E-state index contributed by atoms with van der Waals surface area (Å²) in [6.07, 6.45) is 3.41. The zero-order valence-electron chi connectivity index (χ0n) is 17.7. The molecule has 1 N–H and O–H groups in total. The fourth-order valence-corrected chi connectivity index (χ4v) is 5.21. The van der Waals surface area contributed by atoms with Crippen molar-refractivity contribution in [2.24, 2.45) is 0 Å². The van der Waals surface area contributed by atoms with E-state index in [-0.39, 0.29) is 18.1 Å². The van der Waals surface area contributed by atoms with E-state index in [1.54, 1.807) is 0 Å². The molecule has 2 atom stereocenters. The van der Waals surface area contributed by atoms with Crippen molar-refractivity contribution in [1.82, 2.24) is 19.6 Å². The first-order valence-electron chi connectivity index (χ1n) is 11.3. The van der Waals surface area contributed by atoms with Gasteiger partial charge in [0.25, 0.3) is 0 Å². The number of nitrogens with zero attached hydrogens (tertiary/aromatic N) is 4. The van der Waals surface area contributed by atoms with Crippen molar-refractivity contribution < 1.29 is 9.90 Å². The topological polar surface area (TPSA) is 50.3 Å². The summed E-state index contributed by atoms with van der Waals surface area (Å²) in [6.45, 7) is 7.42. The Kier molecular flexibility index (Phi) is 6.85. The molecule has 0 bridgehead atoms. The molecule has 0 radical (unpaired) electrons. The van der Waals surface area contributed by atoms with Gasteiger partial charge in [0.15, 0.2) is 0 Å². The summed E-state index contributed by atoms with van der Waals surface area (Å²) in [7, 11) is 2.13. The molecular formula is C23H36N4O2. The summed E-state index contributed by atoms with van der Waals surface area (Å²) in [6, 6.07) is 10.9. The van der Waals surface area contributed by atoms with Crippen LogP contribution in [0.3, 0.4) is 0 Å². The van der Waals surface area contributed by atoms with Crippen molar-refractivity contribution in [3.8, 4) is 0 Å². The van der Waals surface area contributed by atoms with Crippen LogP contribution in [0.5, 0.6) is 0 Å². The molecule has 3 aliphatic rings. The van der Waals surface area contributed by atoms with Crippen LogP contribution in [0.25, 0.3) is 0 Å². The van der Waals surface area contributed by atoms with E-state index in [0.717, 1.165) is 65.1 Å². The van der Waals surface area contributed by atoms with Gasteiger partial charge in [-0.15, -0.1) is 0 Å². The third-order valence-corrected chi connectivity index (χ3v) is 6.91. The van der Waals surface area contributed by atoms with E-state index in [9.17, 15) is 9.90 Å². The summed E-state index contributed by atoms with van der Waals surface area (Å²) in [5, 5.41) is 10.4. The normalized spacial score (nSPS) is 28.6. The van der Waals surface area contributed by atoms with Crippen molar-refractivity contribution in [2.45, 2.75) is 50.4 Å². The fraction of sp³-hybridized carbons (Fsp3) is 0.696. The van der Waals surface area contributed by atoms with Gasteiger partial charge in [0.1, 0.15) is 0 Å². The lowest BCUT2D eigenvalue weighted by atomic mass is 10.0. The molecule has 3 fully saturated rings. The zero-order valence-corrected chi connectivity index (χ0v) is 17.7. The number of amides is 1. The van der Waals surface area contributed by atoms with E-state index >= 15 is 0 Å². The number of piperidine rings is 1. The number of hydrogen-bond donors (Lipinski definition) is 1. The summed E-state index contributed by atoms with van der Waals surface area (Å²) >= 11 is 0. The van der Waals surface area contributed by atoms with Crippen molar-refractivity contribution in [3.63, 3.8) is 0 Å². The maximum absolute atomic E-state index is 13.3. The van der Waals surface area contributed by atoms with Gasteiger partial charge in [-0.25, -0.2) is 0 Å². The third kappa shape index (κ3) is 5.18. The number of likely N-dealkylation sites (tertiary alicyclic amines) is 2. The second-order valence-corrected chi connectivity index (χ2v) is 9.08. The van der Waals surface area contributed by atoms with Crippen LogP contribution in [-0.2, 0) is 11.3 Å². The van der Waals surface area contributed by atoms with Crippen LogP contribution < -0.4 is 0 Å². The number of likely N-dealkylation sites (N-methyl/N-ethyl adjacent to an activating group) is 1. The number of rotatable bonds is 4. The highest BCUT2D eigenvalue weighted by atomic mass is 16.3. The second kappa shape index (κ2) is 9.56. The van der Waals surface area contributed by atoms with Crippen molar-refractivity contribution in [3.05, 3.63) is 35.9 Å². The van der Waals surface area contributed by atoms with Crippen molar-refractivity contribution in [2.75, 3.05) is 52.9 Å². The molecule has 29 heavy (non-hydrogen) atoms. The van der Waals surface area contributed by atoms with Crippen LogP contribution in [0.2, 0.25) is 0 Å². The summed E-state index contributed by atoms with van der Waals surface area (Å²) < 4.78 is 0. The highest BCUT2D eigenvalue weighted by Gasteiger charge is 2.42. The van der Waals surface area contributed by atoms with Crippen molar-refractivity contribution >= 4 is 5.91 Å². The number of β-amino-alcohol motifs (C(OH)–C–C–N with tert-alkyl or cyclic N) is 1. The van der Waals surface area contributed by atoms with Gasteiger partial charge in [-0.1, -0.05) is 30.3 Å². The summed E-state index contributed by atoms with van der Waals surface area (Å²) in [4.78, 5) is 22.5. The molecular weight excluding hydrogens is 364 g/mol. The Morgan fingerprint density at radius 1 is 1.03 bits per heavy atom. The smallest absolute Gasteiger partial charge is 0.240 e. The highest BCUT2D eigenvalue weighted by Crippen LogP contribution is 2.28. The Morgan fingerprint density at radius 2 is 1.79 bits per heavy atom. The molecule has 0 saturated carbocycles. The van der Waals surface area contributed by atoms with E-state index in [2.05, 4.69) is 52.1 Å². The molecule has 3 heterocycles. The first kappa shape index (κ1) is 20.8. The largest absolute Gasteiger partial charge is 0.392 e. The van der Waals surface area contributed by atoms with Gasteiger partial charge >= 0.3 is 0 Å². The van der Waals surface area contributed by atoms with Crippen LogP contribution in [0.4, 0.5) is 0 Å². The number of hydrogen-bond acceptors (Lipinski definition) is 5. The first-order chi connectivity index (χ1) is 14.1. The maximum Gasteiger partial charge on any atom is 0.240 e. The van der Waals surface area contributed by atoms with E-state index in [1.165, 1.54) is 5.56 Å². The van der Waals surface area contributed by atoms with E-state index in [4.69, 9.17) is 0 Å². The molecule has 1 amide bonds. The Bertz CT molecular complexity index is 662. The van der Waals surface area contributed by atoms with Gasteiger partial charge in [0.2, 0.25) is 5.91 Å². The average molecular weight is 401 g/mol. The molecule has 1 aromatic rings. The Labute approximate surface area is 175 Å². The Hall–Kier alpha value is -1.47. The van der Waals surface area contributed by atoms with E-state index in [1.807, 2.05) is 4.90 Å². The van der Waals surface area contributed by atoms with E-state index < -0.39 is 0 Å². The fourth-order valence-electron chi connectivity index (χ4n) is 5.21. The number of carbonyl (C=O) groups excluding carboxylic acids is 1. The van der Waals surface area contributed by atoms with Crippen LogP contribution in [0.1, 0.15) is 31.2 Å². The van der Waals surface area contributed by atoms with Gasteiger partial charge in [-0.3, -0.25) is 14.6 Å². The molecule has 6 nitrogen and oxygen atoms in total. The summed E-state index contributed by atoms with van der Waals surface area (Å²) in [5.74, 6) is 0.239. The molecule has 0 unspecified atom stereocenters. The minimum Gasteiger partial charge on any atom is -0.392 e. The van der Waals surface area contributed by atoms with Crippen LogP contribution in [0.15, 0.2) is 30.3 Å². The quantitative estimate of drug-likeness (QED) is 0.825. The van der Waals surface area contributed by atoms with Gasteiger partial charge in [0.05, 0.1) is 12.1 Å². The van der Waals surface area contributed by atoms with Crippen LogP contribution >= 0.6 is 0 Å². The van der Waals surface area contributed by atoms with Gasteiger partial charge in [-0.05, 0) is 57.9 Å². The predicted molar refractivity (Wildman–Crippen MR) is 115 cm³/mol. The zero-order chi connectivity index (χ0) is 20.2. The molecule has 6 heteroatoms. The minimum atomic E-state index is -0.374.